The van der Waals surface area contributed by atoms with Crippen LogP contribution < -0.4 is 0 Å². The Balaban J connectivity index is 1.99. The van der Waals surface area contributed by atoms with Crippen LogP contribution in [0, 0.1) is 0 Å². The number of hydrogen-bond acceptors (Lipinski definition) is 5. The molecule has 0 aromatic carbocycles. The summed E-state index contributed by atoms with van der Waals surface area (Å²) in [6.45, 7) is 3.72. The summed E-state index contributed by atoms with van der Waals surface area (Å²) in [5, 5.41) is 10.2. The third-order valence-electron chi connectivity index (χ3n) is 3.35. The van der Waals surface area contributed by atoms with Crippen LogP contribution in [0.2, 0.25) is 0 Å². The van der Waals surface area contributed by atoms with Crippen molar-refractivity contribution in [3.05, 3.63) is 34.9 Å². The third kappa shape index (κ3) is 3.43. The summed E-state index contributed by atoms with van der Waals surface area (Å²) >= 11 is 0. The van der Waals surface area contributed by atoms with E-state index >= 15 is 0 Å². The Labute approximate surface area is 117 Å². The van der Waals surface area contributed by atoms with Crippen LogP contribution in [0.5, 0.6) is 0 Å². The van der Waals surface area contributed by atoms with E-state index in [2.05, 4.69) is 0 Å². The molecule has 0 aliphatic carbocycles. The number of cyclic esters (lactones) is 1. The zero-order valence-electron chi connectivity index (χ0n) is 11.6. The van der Waals surface area contributed by atoms with Crippen LogP contribution >= 0.6 is 0 Å². The maximum Gasteiger partial charge on any atom is 0.334 e. The average Bonchev–Trinajstić information content (AvgIpc) is 2.77. The Bertz CT molecular complexity index is 526. The molecule has 2 heterocycles. The molecule has 0 spiro atoms. The highest BCUT2D eigenvalue weighted by Crippen LogP contribution is 2.24. The molecule has 0 bridgehead atoms. The zero-order valence-corrected chi connectivity index (χ0v) is 11.6. The van der Waals surface area contributed by atoms with E-state index in [4.69, 9.17) is 9.47 Å². The lowest BCUT2D eigenvalue weighted by atomic mass is 10.0. The average molecular weight is 278 g/mol. The molecule has 108 valence electrons. The number of Topliss-reactive ketones (excluding diaryl/α,β-unsaturated/α-hetero) is 1. The summed E-state index contributed by atoms with van der Waals surface area (Å²) in [6.07, 6.45) is 5.94. The van der Waals surface area contributed by atoms with Gasteiger partial charge in [0.1, 0.15) is 13.2 Å². The topological polar surface area (TPSA) is 72.8 Å². The Hall–Kier alpha value is -1.72. The van der Waals surface area contributed by atoms with Crippen LogP contribution in [0.3, 0.4) is 0 Å². The van der Waals surface area contributed by atoms with Crippen LogP contribution in [0.25, 0.3) is 0 Å². The standard InChI is InChI=1S/C15H18O5/c1-10(3-4-12-5-6-19-14(12)17)7-15(18)8-11(2)13(16)9-20-15/h5,7-8,18H,3-4,6,9H2,1-2H3/b10-7-. The second-order valence-electron chi connectivity index (χ2n) is 5.11. The highest BCUT2D eigenvalue weighted by Gasteiger charge is 2.29. The maximum atomic E-state index is 11.3. The SMILES string of the molecule is CC1=CC(O)(/C=C(/C)CCC2=CCOC2=O)OCC1=O. The van der Waals surface area contributed by atoms with E-state index in [1.807, 2.05) is 6.92 Å². The van der Waals surface area contributed by atoms with Gasteiger partial charge in [-0.1, -0.05) is 5.57 Å². The third-order valence-corrected chi connectivity index (χ3v) is 3.35. The van der Waals surface area contributed by atoms with Crippen molar-refractivity contribution in [2.45, 2.75) is 32.5 Å². The van der Waals surface area contributed by atoms with Crippen LogP contribution in [0.15, 0.2) is 34.9 Å². The summed E-state index contributed by atoms with van der Waals surface area (Å²) in [7, 11) is 0. The Kier molecular flexibility index (Phi) is 4.20. The van der Waals surface area contributed by atoms with Gasteiger partial charge in [-0.15, -0.1) is 0 Å². The second-order valence-corrected chi connectivity index (χ2v) is 5.11. The molecule has 0 saturated heterocycles. The lowest BCUT2D eigenvalue weighted by molar-refractivity contribution is -0.154. The summed E-state index contributed by atoms with van der Waals surface area (Å²) in [5.41, 5.74) is 2.03. The number of ether oxygens (including phenoxy) is 2. The molecule has 2 rings (SSSR count). The zero-order chi connectivity index (χ0) is 14.8. The number of ketones is 1. The first kappa shape index (κ1) is 14.7. The molecule has 1 unspecified atom stereocenters. The molecule has 5 heteroatoms. The number of allylic oxidation sites excluding steroid dienone is 1. The highest BCUT2D eigenvalue weighted by molar-refractivity contribution is 5.96. The molecular formula is C15H18O5. The van der Waals surface area contributed by atoms with E-state index in [9.17, 15) is 14.7 Å². The van der Waals surface area contributed by atoms with Gasteiger partial charge >= 0.3 is 5.97 Å². The van der Waals surface area contributed by atoms with E-state index in [1.165, 1.54) is 6.08 Å². The molecule has 5 nitrogen and oxygen atoms in total. The van der Waals surface area contributed by atoms with Gasteiger partial charge in [0, 0.05) is 5.57 Å². The minimum absolute atomic E-state index is 0.125. The van der Waals surface area contributed by atoms with E-state index in [1.54, 1.807) is 19.1 Å². The predicted molar refractivity (Wildman–Crippen MR) is 71.7 cm³/mol. The fourth-order valence-corrected chi connectivity index (χ4v) is 2.17. The van der Waals surface area contributed by atoms with Crippen molar-refractivity contribution < 1.29 is 24.2 Å². The van der Waals surface area contributed by atoms with Gasteiger partial charge in [-0.05, 0) is 50.5 Å². The van der Waals surface area contributed by atoms with Crippen molar-refractivity contribution in [3.63, 3.8) is 0 Å². The molecule has 0 aromatic heterocycles. The quantitative estimate of drug-likeness (QED) is 0.622. The van der Waals surface area contributed by atoms with Crippen molar-refractivity contribution >= 4 is 11.8 Å². The Morgan fingerprint density at radius 1 is 1.50 bits per heavy atom. The number of esters is 1. The fraction of sp³-hybridized carbons (Fsp3) is 0.467. The van der Waals surface area contributed by atoms with Crippen molar-refractivity contribution in [3.8, 4) is 0 Å². The van der Waals surface area contributed by atoms with Crippen LogP contribution in [-0.4, -0.2) is 35.9 Å². The van der Waals surface area contributed by atoms with Gasteiger partial charge in [-0.2, -0.15) is 0 Å². The monoisotopic (exact) mass is 278 g/mol. The normalized spacial score (nSPS) is 27.2. The second kappa shape index (κ2) is 5.73. The predicted octanol–water partition coefficient (Wildman–Crippen LogP) is 1.43. The van der Waals surface area contributed by atoms with Crippen molar-refractivity contribution in [2.24, 2.45) is 0 Å². The van der Waals surface area contributed by atoms with Crippen LogP contribution in [0.4, 0.5) is 0 Å². The molecule has 2 aliphatic heterocycles. The van der Waals surface area contributed by atoms with Gasteiger partial charge in [-0.25, -0.2) is 4.79 Å². The molecule has 1 atom stereocenters. The lowest BCUT2D eigenvalue weighted by Gasteiger charge is -2.26. The number of aliphatic hydroxyl groups is 1. The van der Waals surface area contributed by atoms with Gasteiger partial charge in [0.25, 0.3) is 0 Å². The molecule has 20 heavy (non-hydrogen) atoms. The maximum absolute atomic E-state index is 11.3. The van der Waals surface area contributed by atoms with E-state index in [0.717, 1.165) is 5.57 Å². The van der Waals surface area contributed by atoms with E-state index in [0.29, 0.717) is 30.6 Å². The van der Waals surface area contributed by atoms with E-state index < -0.39 is 5.79 Å². The Morgan fingerprint density at radius 2 is 2.25 bits per heavy atom. The van der Waals surface area contributed by atoms with Gasteiger partial charge in [0.15, 0.2) is 5.78 Å². The first-order chi connectivity index (χ1) is 9.39. The lowest BCUT2D eigenvalue weighted by Crippen LogP contribution is -2.35. The molecule has 0 aromatic rings. The summed E-state index contributed by atoms with van der Waals surface area (Å²) < 4.78 is 9.98. The molecule has 0 saturated carbocycles. The molecule has 2 aliphatic rings. The molecule has 0 fully saturated rings. The van der Waals surface area contributed by atoms with E-state index in [-0.39, 0.29) is 18.4 Å². The summed E-state index contributed by atoms with van der Waals surface area (Å²) in [6, 6.07) is 0. The minimum atomic E-state index is -1.54. The number of rotatable bonds is 4. The van der Waals surface area contributed by atoms with Crippen molar-refractivity contribution in [1.29, 1.82) is 0 Å². The molecule has 0 radical (unpaired) electrons. The fourth-order valence-electron chi connectivity index (χ4n) is 2.17. The largest absolute Gasteiger partial charge is 0.458 e. The highest BCUT2D eigenvalue weighted by atomic mass is 16.6. The first-order valence-electron chi connectivity index (χ1n) is 6.53. The number of carbonyl (C=O) groups excluding carboxylic acids is 2. The van der Waals surface area contributed by atoms with Crippen LogP contribution in [0.1, 0.15) is 26.7 Å². The minimum Gasteiger partial charge on any atom is -0.458 e. The first-order valence-corrected chi connectivity index (χ1v) is 6.53. The molecular weight excluding hydrogens is 260 g/mol. The van der Waals surface area contributed by atoms with Gasteiger partial charge in [0.2, 0.25) is 5.79 Å². The molecule has 0 amide bonds. The summed E-state index contributed by atoms with van der Waals surface area (Å²) in [4.78, 5) is 22.6. The molecule has 1 N–H and O–H groups in total. The Morgan fingerprint density at radius 3 is 2.85 bits per heavy atom. The number of carbonyl (C=O) groups is 2. The van der Waals surface area contributed by atoms with Gasteiger partial charge in [0.05, 0.1) is 0 Å². The summed E-state index contributed by atoms with van der Waals surface area (Å²) in [5.74, 6) is -1.93. The van der Waals surface area contributed by atoms with Gasteiger partial charge < -0.3 is 14.6 Å². The van der Waals surface area contributed by atoms with Crippen molar-refractivity contribution in [2.75, 3.05) is 13.2 Å². The van der Waals surface area contributed by atoms with Gasteiger partial charge in [-0.3, -0.25) is 4.79 Å². The smallest absolute Gasteiger partial charge is 0.334 e. The number of hydrogen-bond donors (Lipinski definition) is 1. The van der Waals surface area contributed by atoms with Crippen LogP contribution in [-0.2, 0) is 19.1 Å². The van der Waals surface area contributed by atoms with Crippen molar-refractivity contribution in [1.82, 2.24) is 0 Å².